The zero-order chi connectivity index (χ0) is 24.3. The van der Waals surface area contributed by atoms with Gasteiger partial charge >= 0.3 is 0 Å². The maximum atomic E-state index is 13.6. The van der Waals surface area contributed by atoms with E-state index in [4.69, 9.17) is 4.98 Å². The smallest absolute Gasteiger partial charge is 0.260 e. The SMILES string of the molecule is CCN(CC)CCN(C(=O)c1ccc(S(=O)(=O)N2CCCC2)cc1)c1nc2c(C)cccc2s1. The largest absolute Gasteiger partial charge is 0.302 e. The van der Waals surface area contributed by atoms with E-state index in [1.807, 2.05) is 25.1 Å². The van der Waals surface area contributed by atoms with Gasteiger partial charge in [0.15, 0.2) is 5.13 Å². The number of likely N-dealkylation sites (N-methyl/N-ethyl adjacent to an activating group) is 1. The Morgan fingerprint density at radius 2 is 1.71 bits per heavy atom. The van der Waals surface area contributed by atoms with Gasteiger partial charge in [-0.05, 0) is 68.8 Å². The molecule has 1 aromatic heterocycles. The average molecular weight is 501 g/mol. The van der Waals surface area contributed by atoms with E-state index >= 15 is 0 Å². The number of fused-ring (bicyclic) bond motifs is 1. The van der Waals surface area contributed by atoms with Crippen molar-refractivity contribution in [2.24, 2.45) is 0 Å². The van der Waals surface area contributed by atoms with Crippen LogP contribution in [0.15, 0.2) is 47.4 Å². The molecule has 1 fully saturated rings. The molecule has 182 valence electrons. The number of hydrogen-bond acceptors (Lipinski definition) is 6. The van der Waals surface area contributed by atoms with Crippen LogP contribution in [-0.4, -0.2) is 67.8 Å². The first-order valence-corrected chi connectivity index (χ1v) is 14.1. The average Bonchev–Trinajstić information content (AvgIpc) is 3.53. The van der Waals surface area contributed by atoms with Crippen LogP contribution in [0.4, 0.5) is 5.13 Å². The zero-order valence-electron chi connectivity index (χ0n) is 20.0. The Balaban J connectivity index is 1.63. The highest BCUT2D eigenvalue weighted by Gasteiger charge is 2.28. The Bertz CT molecular complexity index is 1240. The monoisotopic (exact) mass is 500 g/mol. The normalized spacial score (nSPS) is 14.8. The number of amides is 1. The molecule has 34 heavy (non-hydrogen) atoms. The Labute approximate surface area is 206 Å². The number of aromatic nitrogens is 1. The van der Waals surface area contributed by atoms with Crippen LogP contribution in [0, 0.1) is 6.92 Å². The second-order valence-electron chi connectivity index (χ2n) is 8.54. The van der Waals surface area contributed by atoms with E-state index in [9.17, 15) is 13.2 Å². The number of anilines is 1. The van der Waals surface area contributed by atoms with Crippen molar-refractivity contribution in [2.75, 3.05) is 44.2 Å². The van der Waals surface area contributed by atoms with Gasteiger partial charge in [0.1, 0.15) is 0 Å². The molecular formula is C25H32N4O3S2. The predicted molar refractivity (Wildman–Crippen MR) is 138 cm³/mol. The van der Waals surface area contributed by atoms with Crippen LogP contribution >= 0.6 is 11.3 Å². The van der Waals surface area contributed by atoms with Gasteiger partial charge in [0.25, 0.3) is 5.91 Å². The second-order valence-corrected chi connectivity index (χ2v) is 11.5. The molecule has 4 rings (SSSR count). The van der Waals surface area contributed by atoms with Crippen LogP contribution in [0.2, 0.25) is 0 Å². The third kappa shape index (κ3) is 5.02. The predicted octanol–water partition coefficient (Wildman–Crippen LogP) is 4.38. The lowest BCUT2D eigenvalue weighted by Crippen LogP contribution is -2.38. The molecule has 7 nitrogen and oxygen atoms in total. The number of carbonyl (C=O) groups excluding carboxylic acids is 1. The van der Waals surface area contributed by atoms with Crippen LogP contribution in [-0.2, 0) is 10.0 Å². The van der Waals surface area contributed by atoms with Crippen molar-refractivity contribution >= 4 is 42.6 Å². The van der Waals surface area contributed by atoms with E-state index in [0.717, 1.165) is 48.3 Å². The standard InChI is InChI=1S/C25H32N4O3S2/c1-4-27(5-2)17-18-29(25-26-23-19(3)9-8-10-22(23)33-25)24(30)20-11-13-21(14-12-20)34(31,32)28-15-6-7-16-28/h8-14H,4-7,15-18H2,1-3H3. The first-order chi connectivity index (χ1) is 16.3. The topological polar surface area (TPSA) is 73.8 Å². The number of rotatable bonds is 9. The fourth-order valence-corrected chi connectivity index (χ4v) is 6.84. The molecule has 3 aromatic rings. The summed E-state index contributed by atoms with van der Waals surface area (Å²) in [6.07, 6.45) is 1.78. The van der Waals surface area contributed by atoms with Gasteiger partial charge in [0.2, 0.25) is 10.0 Å². The highest BCUT2D eigenvalue weighted by molar-refractivity contribution is 7.89. The van der Waals surface area contributed by atoms with E-state index < -0.39 is 10.0 Å². The van der Waals surface area contributed by atoms with Crippen LogP contribution in [0.5, 0.6) is 0 Å². The summed E-state index contributed by atoms with van der Waals surface area (Å²) in [4.78, 5) is 22.7. The fourth-order valence-electron chi connectivity index (χ4n) is 4.26. The molecule has 0 radical (unpaired) electrons. The lowest BCUT2D eigenvalue weighted by Gasteiger charge is -2.25. The van der Waals surface area contributed by atoms with Gasteiger partial charge < -0.3 is 4.90 Å². The van der Waals surface area contributed by atoms with Crippen LogP contribution in [0.1, 0.15) is 42.6 Å². The number of nitrogens with zero attached hydrogens (tertiary/aromatic N) is 4. The molecule has 0 unspecified atom stereocenters. The minimum atomic E-state index is -3.51. The number of para-hydroxylation sites is 1. The van der Waals surface area contributed by atoms with Crippen LogP contribution in [0.3, 0.4) is 0 Å². The van der Waals surface area contributed by atoms with E-state index in [0.29, 0.717) is 30.3 Å². The lowest BCUT2D eigenvalue weighted by atomic mass is 10.2. The number of benzene rings is 2. The van der Waals surface area contributed by atoms with Crippen molar-refractivity contribution in [1.29, 1.82) is 0 Å². The van der Waals surface area contributed by atoms with Gasteiger partial charge in [-0.1, -0.05) is 37.3 Å². The number of hydrogen-bond donors (Lipinski definition) is 0. The summed E-state index contributed by atoms with van der Waals surface area (Å²) in [5, 5.41) is 0.662. The molecule has 1 aliphatic heterocycles. The Morgan fingerprint density at radius 1 is 1.03 bits per heavy atom. The first kappa shape index (κ1) is 24.8. The Morgan fingerprint density at radius 3 is 2.32 bits per heavy atom. The second kappa shape index (κ2) is 10.5. The summed E-state index contributed by atoms with van der Waals surface area (Å²) in [7, 11) is -3.51. The first-order valence-electron chi connectivity index (χ1n) is 11.9. The summed E-state index contributed by atoms with van der Waals surface area (Å²) in [5.74, 6) is -0.172. The van der Waals surface area contributed by atoms with E-state index in [-0.39, 0.29) is 10.8 Å². The third-order valence-corrected chi connectivity index (χ3v) is 9.38. The molecule has 1 amide bonds. The summed E-state index contributed by atoms with van der Waals surface area (Å²) in [6, 6.07) is 12.4. The molecule has 0 atom stereocenters. The van der Waals surface area contributed by atoms with Crippen molar-refractivity contribution in [3.05, 3.63) is 53.6 Å². The molecule has 1 aliphatic rings. The highest BCUT2D eigenvalue weighted by Crippen LogP contribution is 2.31. The molecular weight excluding hydrogens is 468 g/mol. The van der Waals surface area contributed by atoms with E-state index in [1.165, 1.54) is 15.6 Å². The van der Waals surface area contributed by atoms with Crippen LogP contribution < -0.4 is 4.90 Å². The van der Waals surface area contributed by atoms with Gasteiger partial charge in [-0.25, -0.2) is 13.4 Å². The fraction of sp³-hybridized carbons (Fsp3) is 0.440. The van der Waals surface area contributed by atoms with E-state index in [2.05, 4.69) is 18.7 Å². The summed E-state index contributed by atoms with van der Waals surface area (Å²) in [6.45, 7) is 10.4. The van der Waals surface area contributed by atoms with Crippen molar-refractivity contribution in [1.82, 2.24) is 14.2 Å². The number of aryl methyl sites for hydroxylation is 1. The number of carbonyl (C=O) groups is 1. The van der Waals surface area contributed by atoms with Gasteiger partial charge in [0.05, 0.1) is 15.1 Å². The quantitative estimate of drug-likeness (QED) is 0.436. The third-order valence-electron chi connectivity index (χ3n) is 6.42. The summed E-state index contributed by atoms with van der Waals surface area (Å²) >= 11 is 1.51. The van der Waals surface area contributed by atoms with Gasteiger partial charge in [-0.15, -0.1) is 0 Å². The summed E-state index contributed by atoms with van der Waals surface area (Å²) < 4.78 is 28.3. The molecule has 0 aliphatic carbocycles. The molecule has 0 bridgehead atoms. The van der Waals surface area contributed by atoms with Crippen molar-refractivity contribution in [2.45, 2.75) is 38.5 Å². The van der Waals surface area contributed by atoms with Crippen LogP contribution in [0.25, 0.3) is 10.2 Å². The molecule has 2 aromatic carbocycles. The van der Waals surface area contributed by atoms with Crippen molar-refractivity contribution in [3.63, 3.8) is 0 Å². The maximum absolute atomic E-state index is 13.6. The van der Waals surface area contributed by atoms with Gasteiger partial charge in [-0.2, -0.15) is 4.31 Å². The zero-order valence-corrected chi connectivity index (χ0v) is 21.7. The lowest BCUT2D eigenvalue weighted by molar-refractivity contribution is 0.0983. The molecule has 1 saturated heterocycles. The molecule has 0 saturated carbocycles. The minimum absolute atomic E-state index is 0.172. The molecule has 0 spiro atoms. The number of sulfonamides is 1. The van der Waals surface area contributed by atoms with Crippen molar-refractivity contribution in [3.8, 4) is 0 Å². The Kier molecular flexibility index (Phi) is 7.67. The Hall–Kier alpha value is -2.33. The van der Waals surface area contributed by atoms with Crippen molar-refractivity contribution < 1.29 is 13.2 Å². The minimum Gasteiger partial charge on any atom is -0.302 e. The number of thiazole rings is 1. The molecule has 2 heterocycles. The highest BCUT2D eigenvalue weighted by atomic mass is 32.2. The van der Waals surface area contributed by atoms with E-state index in [1.54, 1.807) is 29.2 Å². The molecule has 0 N–H and O–H groups in total. The molecule has 9 heteroatoms. The van der Waals surface area contributed by atoms with Gasteiger partial charge in [-0.3, -0.25) is 9.69 Å². The van der Waals surface area contributed by atoms with Gasteiger partial charge in [0, 0.05) is 31.7 Å². The maximum Gasteiger partial charge on any atom is 0.260 e. The summed E-state index contributed by atoms with van der Waals surface area (Å²) in [5.41, 5.74) is 2.44.